The number of amides is 2. The normalized spacial score (nSPS) is 16.9. The molecule has 35 heavy (non-hydrogen) atoms. The molecule has 4 rings (SSSR count). The van der Waals surface area contributed by atoms with Gasteiger partial charge in [0.25, 0.3) is 5.91 Å². The first-order valence-electron chi connectivity index (χ1n) is 11.5. The van der Waals surface area contributed by atoms with Crippen molar-refractivity contribution < 1.29 is 28.5 Å². The molecule has 0 spiro atoms. The Morgan fingerprint density at radius 1 is 1.03 bits per heavy atom. The number of hydrogen-bond donors (Lipinski definition) is 1. The number of aryl methyl sites for hydroxylation is 1. The Morgan fingerprint density at radius 2 is 1.74 bits per heavy atom. The number of carbonyl (C=O) groups excluding carboxylic acids is 2. The minimum atomic E-state index is -0.417. The highest BCUT2D eigenvalue weighted by molar-refractivity contribution is 5.95. The lowest BCUT2D eigenvalue weighted by atomic mass is 9.95. The van der Waals surface area contributed by atoms with E-state index in [2.05, 4.69) is 5.32 Å². The molecule has 1 heterocycles. The maximum Gasteiger partial charge on any atom is 0.257 e. The molecule has 1 aliphatic carbocycles. The van der Waals surface area contributed by atoms with Gasteiger partial charge in [0.05, 0.1) is 46.1 Å². The number of carbonyl (C=O) groups is 2. The summed E-state index contributed by atoms with van der Waals surface area (Å²) in [5.41, 5.74) is 2.69. The van der Waals surface area contributed by atoms with Gasteiger partial charge in [0.2, 0.25) is 11.7 Å². The maximum absolute atomic E-state index is 13.3. The molecule has 1 fully saturated rings. The quantitative estimate of drug-likeness (QED) is 0.698. The first kappa shape index (κ1) is 24.5. The molecule has 0 saturated carbocycles. The van der Waals surface area contributed by atoms with Crippen molar-refractivity contribution in [3.63, 3.8) is 0 Å². The molecule has 186 valence electrons. The summed E-state index contributed by atoms with van der Waals surface area (Å²) in [6.45, 7) is 3.14. The van der Waals surface area contributed by atoms with E-state index in [4.69, 9.17) is 18.9 Å². The highest BCUT2D eigenvalue weighted by Gasteiger charge is 2.30. The molecular weight excluding hydrogens is 452 g/mol. The number of morpholine rings is 1. The van der Waals surface area contributed by atoms with E-state index < -0.39 is 11.5 Å². The third-order valence-electron chi connectivity index (χ3n) is 6.44. The lowest BCUT2D eigenvalue weighted by molar-refractivity contribution is -0.119. The van der Waals surface area contributed by atoms with Gasteiger partial charge in [-0.25, -0.2) is 0 Å². The van der Waals surface area contributed by atoms with Crippen LogP contribution >= 0.6 is 0 Å². The van der Waals surface area contributed by atoms with E-state index in [0.717, 1.165) is 11.1 Å². The molecule has 1 atom stereocenters. The van der Waals surface area contributed by atoms with Gasteiger partial charge < -0.3 is 29.2 Å². The fourth-order valence-corrected chi connectivity index (χ4v) is 4.82. The van der Waals surface area contributed by atoms with E-state index in [0.29, 0.717) is 67.5 Å². The number of nitrogens with one attached hydrogen (secondary N) is 1. The van der Waals surface area contributed by atoms with Crippen molar-refractivity contribution in [2.45, 2.75) is 25.8 Å². The molecule has 1 aliphatic heterocycles. The second-order valence-electron chi connectivity index (χ2n) is 8.50. The summed E-state index contributed by atoms with van der Waals surface area (Å²) >= 11 is 0. The van der Waals surface area contributed by atoms with Crippen LogP contribution in [0.5, 0.6) is 17.2 Å². The number of rotatable bonds is 5. The molecule has 2 aromatic rings. The average Bonchev–Trinajstić information content (AvgIpc) is 3.12. The molecule has 1 unspecified atom stereocenters. The molecule has 0 bridgehead atoms. The van der Waals surface area contributed by atoms with E-state index >= 15 is 0 Å². The van der Waals surface area contributed by atoms with Gasteiger partial charge in [-0.1, -0.05) is 0 Å². The number of methoxy groups -OCH3 is 3. The Bertz CT molecular complexity index is 1210. The molecule has 2 amide bonds. The third kappa shape index (κ3) is 4.68. The molecule has 9 nitrogen and oxygen atoms in total. The van der Waals surface area contributed by atoms with Crippen molar-refractivity contribution in [3.05, 3.63) is 51.2 Å². The predicted octanol–water partition coefficient (Wildman–Crippen LogP) is 2.34. The van der Waals surface area contributed by atoms with Gasteiger partial charge in [-0.15, -0.1) is 0 Å². The topological polar surface area (TPSA) is 103 Å². The smallest absolute Gasteiger partial charge is 0.257 e. The largest absolute Gasteiger partial charge is 0.493 e. The zero-order chi connectivity index (χ0) is 25.1. The molecule has 1 saturated heterocycles. The van der Waals surface area contributed by atoms with E-state index in [-0.39, 0.29) is 17.4 Å². The first-order valence-corrected chi connectivity index (χ1v) is 11.5. The lowest BCUT2D eigenvalue weighted by Crippen LogP contribution is -2.42. The zero-order valence-corrected chi connectivity index (χ0v) is 20.4. The van der Waals surface area contributed by atoms with Crippen molar-refractivity contribution in [1.82, 2.24) is 10.2 Å². The number of ether oxygens (including phenoxy) is 4. The van der Waals surface area contributed by atoms with Gasteiger partial charge in [0.1, 0.15) is 0 Å². The summed E-state index contributed by atoms with van der Waals surface area (Å²) in [6.07, 6.45) is 1.16. The summed E-state index contributed by atoms with van der Waals surface area (Å²) in [5, 5.41) is 3.00. The Labute approximate surface area is 203 Å². The van der Waals surface area contributed by atoms with Gasteiger partial charge in [0.15, 0.2) is 16.9 Å². The Kier molecular flexibility index (Phi) is 7.25. The monoisotopic (exact) mass is 482 g/mol. The highest BCUT2D eigenvalue weighted by Crippen LogP contribution is 2.50. The van der Waals surface area contributed by atoms with Gasteiger partial charge in [-0.2, -0.15) is 0 Å². The van der Waals surface area contributed by atoms with Gasteiger partial charge in [-0.05, 0) is 53.8 Å². The fraction of sp³-hybridized carbons (Fsp3) is 0.423. The number of fused-ring (bicyclic) bond motifs is 3. The van der Waals surface area contributed by atoms with Crippen molar-refractivity contribution in [1.29, 1.82) is 0 Å². The van der Waals surface area contributed by atoms with E-state index in [1.165, 1.54) is 20.1 Å². The summed E-state index contributed by atoms with van der Waals surface area (Å²) < 4.78 is 22.3. The Balaban J connectivity index is 1.99. The predicted molar refractivity (Wildman–Crippen MR) is 129 cm³/mol. The second-order valence-corrected chi connectivity index (χ2v) is 8.50. The van der Waals surface area contributed by atoms with Crippen LogP contribution in [0.3, 0.4) is 0 Å². The van der Waals surface area contributed by atoms with Crippen LogP contribution in [-0.2, 0) is 16.0 Å². The van der Waals surface area contributed by atoms with Crippen LogP contribution in [0.1, 0.15) is 40.9 Å². The minimum Gasteiger partial charge on any atom is -0.493 e. The van der Waals surface area contributed by atoms with Crippen LogP contribution in [0.15, 0.2) is 29.1 Å². The van der Waals surface area contributed by atoms with Crippen molar-refractivity contribution in [3.8, 4) is 28.4 Å². The first-order chi connectivity index (χ1) is 16.9. The molecule has 9 heteroatoms. The van der Waals surface area contributed by atoms with E-state index in [9.17, 15) is 14.4 Å². The van der Waals surface area contributed by atoms with Crippen molar-refractivity contribution >= 4 is 11.8 Å². The van der Waals surface area contributed by atoms with E-state index in [1.807, 2.05) is 6.07 Å². The number of nitrogens with zero attached hydrogens (tertiary/aromatic N) is 1. The summed E-state index contributed by atoms with van der Waals surface area (Å²) in [4.78, 5) is 40.2. The van der Waals surface area contributed by atoms with Crippen LogP contribution in [0.25, 0.3) is 11.1 Å². The molecular formula is C26H30N2O7. The molecule has 0 radical (unpaired) electrons. The van der Waals surface area contributed by atoms with E-state index in [1.54, 1.807) is 31.3 Å². The molecule has 1 N–H and O–H groups in total. The Hall–Kier alpha value is -3.59. The van der Waals surface area contributed by atoms with Crippen molar-refractivity contribution in [2.75, 3.05) is 47.6 Å². The zero-order valence-electron chi connectivity index (χ0n) is 20.4. The average molecular weight is 483 g/mol. The molecule has 2 aliphatic rings. The lowest BCUT2D eigenvalue weighted by Gasteiger charge is -2.26. The summed E-state index contributed by atoms with van der Waals surface area (Å²) in [7, 11) is 4.63. The van der Waals surface area contributed by atoms with Crippen LogP contribution in [-0.4, -0.2) is 64.3 Å². The number of benzene rings is 1. The Morgan fingerprint density at radius 3 is 2.37 bits per heavy atom. The summed E-state index contributed by atoms with van der Waals surface area (Å²) in [5.74, 6) is 0.865. The van der Waals surface area contributed by atoms with Crippen LogP contribution in [0, 0.1) is 0 Å². The van der Waals surface area contributed by atoms with Crippen LogP contribution in [0.2, 0.25) is 0 Å². The van der Waals surface area contributed by atoms with Gasteiger partial charge in [-0.3, -0.25) is 14.4 Å². The van der Waals surface area contributed by atoms with Gasteiger partial charge >= 0.3 is 0 Å². The SMILES string of the molecule is COc1cc2c(c(OC)c1OC)-c1ccc(=O)c(C(=O)N3CCOCC3)cc1C(NC(C)=O)CC2. The van der Waals surface area contributed by atoms with Crippen LogP contribution in [0.4, 0.5) is 0 Å². The second kappa shape index (κ2) is 10.4. The fourth-order valence-electron chi connectivity index (χ4n) is 4.82. The number of hydrogen-bond acceptors (Lipinski definition) is 7. The standard InChI is InChI=1S/C26H30N2O7/c1-15(29)27-20-7-5-16-13-22(32-2)24(33-3)25(34-4)23(16)17-6-8-21(30)19(14-18(17)20)26(31)28-9-11-35-12-10-28/h6,8,13-14,20H,5,7,9-12H2,1-4H3,(H,27,29). The van der Waals surface area contributed by atoms with Crippen molar-refractivity contribution in [2.24, 2.45) is 0 Å². The highest BCUT2D eigenvalue weighted by atomic mass is 16.5. The molecule has 0 aromatic heterocycles. The summed E-state index contributed by atoms with van der Waals surface area (Å²) in [6, 6.07) is 6.20. The van der Waals surface area contributed by atoms with Gasteiger partial charge in [0, 0.05) is 25.6 Å². The van der Waals surface area contributed by atoms with Crippen LogP contribution < -0.4 is 25.0 Å². The third-order valence-corrected chi connectivity index (χ3v) is 6.44. The molecule has 2 aromatic carbocycles. The minimum absolute atomic E-state index is 0.0615. The maximum atomic E-state index is 13.3.